The molecular weight excluding hydrogens is 149 g/mol. The van der Waals surface area contributed by atoms with E-state index in [-0.39, 0.29) is 29.6 Å². The molecule has 0 bridgehead atoms. The fraction of sp³-hybridized carbons (Fsp3) is 1.00. The van der Waals surface area contributed by atoms with Crippen LogP contribution >= 0.6 is 0 Å². The van der Waals surface area contributed by atoms with Crippen LogP contribution in [-0.2, 0) is 0 Å². The van der Waals surface area contributed by atoms with Gasteiger partial charge in [-0.25, -0.2) is 0 Å². The second-order valence-electron chi connectivity index (χ2n) is 2.15. The second kappa shape index (κ2) is 22.4. The van der Waals surface area contributed by atoms with Crippen LogP contribution in [0.5, 0.6) is 0 Å². The second-order valence-corrected chi connectivity index (χ2v) is 2.15. The quantitative estimate of drug-likeness (QED) is 0.195. The third kappa shape index (κ3) is 38.3. The number of nitrogens with zero attached hydrogens (tertiary/aromatic N) is 3. The Hall–Kier alpha value is 0.310. The van der Waals surface area contributed by atoms with E-state index in [1.165, 1.54) is 37.0 Å². The normalized spacial score (nSPS) is 6.73. The summed E-state index contributed by atoms with van der Waals surface area (Å²) in [6.07, 6.45) is 7.01. The summed E-state index contributed by atoms with van der Waals surface area (Å²) in [5.41, 5.74) is 13.5. The van der Waals surface area contributed by atoms with Crippen molar-refractivity contribution in [2.24, 2.45) is 0 Å². The first-order chi connectivity index (χ1) is 4.83. The minimum absolute atomic E-state index is 0. The molecule has 0 aliphatic rings. The summed E-state index contributed by atoms with van der Waals surface area (Å²) < 4.78 is 0. The van der Waals surface area contributed by atoms with Crippen LogP contribution in [0.25, 0.3) is 16.0 Å². The van der Waals surface area contributed by atoms with E-state index in [1.807, 2.05) is 0 Å². The fourth-order valence-electron chi connectivity index (χ4n) is 0.677. The zero-order valence-corrected chi connectivity index (χ0v) is 9.88. The van der Waals surface area contributed by atoms with Crippen molar-refractivity contribution in [1.82, 2.24) is 0 Å². The van der Waals surface area contributed by atoms with Crippen LogP contribution in [0.4, 0.5) is 0 Å². The van der Waals surface area contributed by atoms with Gasteiger partial charge in [0, 0.05) is 0 Å². The minimum atomic E-state index is 0. The number of unbranched alkanes of at least 4 members (excludes halogenated alkanes) is 4. The van der Waals surface area contributed by atoms with Gasteiger partial charge in [0.2, 0.25) is 0 Å². The molecule has 0 unspecified atom stereocenters. The third-order valence-corrected chi connectivity index (χ3v) is 1.21. The standard InChI is InChI=1S/C7H16.N3.Na/c1-3-5-7-6-4-2;1-3-2;/h3-7H2,1-2H3;;/q;-1;+1. The molecule has 0 aliphatic carbocycles. The number of hydrogen-bond acceptors (Lipinski definition) is 0. The van der Waals surface area contributed by atoms with Crippen molar-refractivity contribution in [3.8, 4) is 0 Å². The molecule has 0 radical (unpaired) electrons. The van der Waals surface area contributed by atoms with Gasteiger partial charge in [-0.2, -0.15) is 0 Å². The molecule has 3 nitrogen and oxygen atoms in total. The summed E-state index contributed by atoms with van der Waals surface area (Å²) >= 11 is 0. The van der Waals surface area contributed by atoms with Gasteiger partial charge in [0.05, 0.1) is 0 Å². The van der Waals surface area contributed by atoms with Gasteiger partial charge in [-0.05, 0) is 0 Å². The Bertz CT molecular complexity index is 75.8. The number of rotatable bonds is 4. The van der Waals surface area contributed by atoms with Crippen LogP contribution in [0, 0.1) is 0 Å². The van der Waals surface area contributed by atoms with Gasteiger partial charge < -0.3 is 11.1 Å². The van der Waals surface area contributed by atoms with Gasteiger partial charge in [-0.15, -0.1) is 0 Å². The van der Waals surface area contributed by atoms with Crippen LogP contribution < -0.4 is 29.6 Å². The molecule has 60 valence electrons. The molecule has 0 heterocycles. The minimum Gasteiger partial charge on any atom is -0.373 e. The van der Waals surface area contributed by atoms with Crippen LogP contribution in [0.2, 0.25) is 0 Å². The van der Waals surface area contributed by atoms with Gasteiger partial charge in [0.1, 0.15) is 0 Å². The Labute approximate surface area is 91.3 Å². The summed E-state index contributed by atoms with van der Waals surface area (Å²) in [7, 11) is 0. The summed E-state index contributed by atoms with van der Waals surface area (Å²) in [5, 5.41) is 0. The van der Waals surface area contributed by atoms with E-state index in [0.717, 1.165) is 0 Å². The molecule has 0 fully saturated rings. The Balaban J connectivity index is -0.000000140. The van der Waals surface area contributed by atoms with E-state index in [1.54, 1.807) is 0 Å². The van der Waals surface area contributed by atoms with Crippen LogP contribution in [0.1, 0.15) is 46.0 Å². The molecular formula is C7H16N3Na. The predicted octanol–water partition coefficient (Wildman–Crippen LogP) is 0.847. The van der Waals surface area contributed by atoms with Crippen molar-refractivity contribution in [3.63, 3.8) is 0 Å². The zero-order chi connectivity index (χ0) is 8.24. The molecule has 0 aliphatic heterocycles. The van der Waals surface area contributed by atoms with E-state index in [4.69, 9.17) is 11.1 Å². The van der Waals surface area contributed by atoms with Crippen LogP contribution in [0.3, 0.4) is 0 Å². The Kier molecular flexibility index (Phi) is 35.5. The summed E-state index contributed by atoms with van der Waals surface area (Å²) in [5.74, 6) is 0. The first-order valence-corrected chi connectivity index (χ1v) is 3.81. The van der Waals surface area contributed by atoms with Crippen molar-refractivity contribution < 1.29 is 29.6 Å². The van der Waals surface area contributed by atoms with E-state index in [2.05, 4.69) is 13.8 Å². The van der Waals surface area contributed by atoms with Gasteiger partial charge in [-0.1, -0.05) is 46.0 Å². The Morgan fingerprint density at radius 3 is 1.36 bits per heavy atom. The van der Waals surface area contributed by atoms with Crippen molar-refractivity contribution in [2.75, 3.05) is 0 Å². The Morgan fingerprint density at radius 1 is 0.909 bits per heavy atom. The molecule has 0 atom stereocenters. The molecule has 0 aromatic heterocycles. The van der Waals surface area contributed by atoms with E-state index in [0.29, 0.717) is 0 Å². The van der Waals surface area contributed by atoms with E-state index < -0.39 is 0 Å². The molecule has 4 heteroatoms. The SMILES string of the molecule is CCCCCCC.[N-]=[N+]=[N-].[Na+]. The number of hydrogen-bond donors (Lipinski definition) is 0. The van der Waals surface area contributed by atoms with Crippen molar-refractivity contribution in [3.05, 3.63) is 16.0 Å². The summed E-state index contributed by atoms with van der Waals surface area (Å²) in [6.45, 7) is 4.49. The monoisotopic (exact) mass is 165 g/mol. The van der Waals surface area contributed by atoms with Gasteiger partial charge in [0.25, 0.3) is 0 Å². The summed E-state index contributed by atoms with van der Waals surface area (Å²) in [4.78, 5) is 1.50. The molecule has 0 aromatic rings. The zero-order valence-electron chi connectivity index (χ0n) is 7.88. The largest absolute Gasteiger partial charge is 1.00 e. The molecule has 0 rings (SSSR count). The first kappa shape index (κ1) is 17.4. The third-order valence-electron chi connectivity index (χ3n) is 1.21. The van der Waals surface area contributed by atoms with Crippen molar-refractivity contribution >= 4 is 0 Å². The average Bonchev–Trinajstić information content (AvgIpc) is 1.91. The van der Waals surface area contributed by atoms with Gasteiger partial charge in [-0.3, -0.25) is 4.91 Å². The maximum absolute atomic E-state index is 6.75. The average molecular weight is 165 g/mol. The summed E-state index contributed by atoms with van der Waals surface area (Å²) in [6, 6.07) is 0. The topological polar surface area (TPSA) is 58.7 Å². The van der Waals surface area contributed by atoms with Crippen LogP contribution in [0.15, 0.2) is 0 Å². The first-order valence-electron chi connectivity index (χ1n) is 3.81. The molecule has 0 spiro atoms. The molecule has 0 amide bonds. The predicted molar refractivity (Wildman–Crippen MR) is 44.5 cm³/mol. The molecule has 0 aromatic carbocycles. The van der Waals surface area contributed by atoms with E-state index >= 15 is 0 Å². The molecule has 0 saturated carbocycles. The molecule has 0 N–H and O–H groups in total. The van der Waals surface area contributed by atoms with Crippen molar-refractivity contribution in [2.45, 2.75) is 46.0 Å². The van der Waals surface area contributed by atoms with E-state index in [9.17, 15) is 0 Å². The fourth-order valence-corrected chi connectivity index (χ4v) is 0.677. The van der Waals surface area contributed by atoms with Gasteiger partial charge in [0.15, 0.2) is 0 Å². The molecule has 11 heavy (non-hydrogen) atoms. The van der Waals surface area contributed by atoms with Gasteiger partial charge >= 0.3 is 29.6 Å². The Morgan fingerprint density at radius 2 is 1.18 bits per heavy atom. The van der Waals surface area contributed by atoms with Crippen molar-refractivity contribution in [1.29, 1.82) is 0 Å². The molecule has 0 saturated heterocycles. The maximum atomic E-state index is 6.75. The van der Waals surface area contributed by atoms with Crippen LogP contribution in [-0.4, -0.2) is 0 Å². The maximum Gasteiger partial charge on any atom is 1.00 e. The smallest absolute Gasteiger partial charge is 0.373 e.